The summed E-state index contributed by atoms with van der Waals surface area (Å²) in [6.45, 7) is 3.36. The summed E-state index contributed by atoms with van der Waals surface area (Å²) in [4.78, 5) is 2.48. The van der Waals surface area contributed by atoms with Crippen LogP contribution in [0.15, 0.2) is 0 Å². The van der Waals surface area contributed by atoms with Crippen molar-refractivity contribution in [1.82, 2.24) is 10.2 Å². The number of nitrogens with zero attached hydrogens (tertiary/aromatic N) is 1. The Balaban J connectivity index is 1.84. The molecule has 0 bridgehead atoms. The first-order chi connectivity index (χ1) is 8.63. The molecular formula is C15H30N2O. The van der Waals surface area contributed by atoms with E-state index in [2.05, 4.69) is 24.2 Å². The summed E-state index contributed by atoms with van der Waals surface area (Å²) in [5, 5.41) is 13.3. The second kappa shape index (κ2) is 6.36. The van der Waals surface area contributed by atoms with Crippen LogP contribution < -0.4 is 5.32 Å². The van der Waals surface area contributed by atoms with Crippen molar-refractivity contribution in [3.8, 4) is 0 Å². The van der Waals surface area contributed by atoms with Crippen LogP contribution in [-0.4, -0.2) is 47.8 Å². The lowest BCUT2D eigenvalue weighted by atomic mass is 10.00. The second-order valence-corrected chi connectivity index (χ2v) is 6.70. The average molecular weight is 254 g/mol. The molecule has 1 atom stereocenters. The first-order valence-electron chi connectivity index (χ1n) is 7.72. The van der Waals surface area contributed by atoms with Crippen LogP contribution >= 0.6 is 0 Å². The van der Waals surface area contributed by atoms with Crippen molar-refractivity contribution in [3.05, 3.63) is 0 Å². The fourth-order valence-corrected chi connectivity index (χ4v) is 3.24. The maximum absolute atomic E-state index is 9.68. The van der Waals surface area contributed by atoms with Crippen LogP contribution in [0.5, 0.6) is 0 Å². The van der Waals surface area contributed by atoms with Gasteiger partial charge in [-0.2, -0.15) is 0 Å². The number of aliphatic hydroxyl groups is 1. The minimum atomic E-state index is -0.123. The Kier molecular flexibility index (Phi) is 5.05. The Morgan fingerprint density at radius 1 is 1.11 bits per heavy atom. The molecule has 0 spiro atoms. The van der Waals surface area contributed by atoms with Crippen LogP contribution in [0.2, 0.25) is 0 Å². The molecule has 2 saturated carbocycles. The molecule has 2 N–H and O–H groups in total. The number of likely N-dealkylation sites (N-methyl/N-ethyl adjacent to an activating group) is 1. The number of hydrogen-bond donors (Lipinski definition) is 2. The molecule has 0 aliphatic heterocycles. The van der Waals surface area contributed by atoms with Gasteiger partial charge in [0.2, 0.25) is 0 Å². The van der Waals surface area contributed by atoms with Crippen LogP contribution in [0.25, 0.3) is 0 Å². The number of hydrogen-bond acceptors (Lipinski definition) is 3. The zero-order valence-corrected chi connectivity index (χ0v) is 12.1. The van der Waals surface area contributed by atoms with Gasteiger partial charge in [-0.3, -0.25) is 0 Å². The highest BCUT2D eigenvalue weighted by Crippen LogP contribution is 2.25. The van der Waals surface area contributed by atoms with Crippen molar-refractivity contribution in [2.45, 2.75) is 75.9 Å². The number of nitrogens with one attached hydrogen (secondary N) is 1. The molecule has 1 unspecified atom stereocenters. The Morgan fingerprint density at radius 2 is 1.72 bits per heavy atom. The third kappa shape index (κ3) is 4.22. The third-order valence-corrected chi connectivity index (χ3v) is 4.53. The van der Waals surface area contributed by atoms with Crippen LogP contribution in [0.4, 0.5) is 0 Å². The molecule has 3 heteroatoms. The topological polar surface area (TPSA) is 35.5 Å². The molecular weight excluding hydrogens is 224 g/mol. The molecule has 0 heterocycles. The lowest BCUT2D eigenvalue weighted by molar-refractivity contribution is 0.105. The molecule has 18 heavy (non-hydrogen) atoms. The van der Waals surface area contributed by atoms with Gasteiger partial charge in [-0.15, -0.1) is 0 Å². The zero-order valence-electron chi connectivity index (χ0n) is 12.1. The fourth-order valence-electron chi connectivity index (χ4n) is 3.24. The largest absolute Gasteiger partial charge is 0.394 e. The van der Waals surface area contributed by atoms with Gasteiger partial charge in [0, 0.05) is 18.6 Å². The highest BCUT2D eigenvalue weighted by molar-refractivity contribution is 4.94. The first kappa shape index (κ1) is 14.3. The lowest BCUT2D eigenvalue weighted by Gasteiger charge is -2.37. The van der Waals surface area contributed by atoms with Gasteiger partial charge in [0.05, 0.1) is 12.1 Å². The van der Waals surface area contributed by atoms with Gasteiger partial charge < -0.3 is 15.3 Å². The molecule has 0 amide bonds. The summed E-state index contributed by atoms with van der Waals surface area (Å²) >= 11 is 0. The Bertz CT molecular complexity index is 247. The second-order valence-electron chi connectivity index (χ2n) is 6.70. The highest BCUT2D eigenvalue weighted by atomic mass is 16.3. The molecule has 0 aromatic heterocycles. The molecule has 2 fully saturated rings. The molecule has 0 aromatic rings. The van der Waals surface area contributed by atoms with Crippen molar-refractivity contribution in [2.24, 2.45) is 0 Å². The summed E-state index contributed by atoms with van der Waals surface area (Å²) < 4.78 is 0. The summed E-state index contributed by atoms with van der Waals surface area (Å²) in [6.07, 6.45) is 10.8. The van der Waals surface area contributed by atoms with Gasteiger partial charge in [0.15, 0.2) is 0 Å². The Morgan fingerprint density at radius 3 is 2.22 bits per heavy atom. The Labute approximate surface area is 112 Å². The van der Waals surface area contributed by atoms with Crippen molar-refractivity contribution in [3.63, 3.8) is 0 Å². The first-order valence-corrected chi connectivity index (χ1v) is 7.72. The third-order valence-electron chi connectivity index (χ3n) is 4.53. The van der Waals surface area contributed by atoms with Gasteiger partial charge in [0.25, 0.3) is 0 Å². The van der Waals surface area contributed by atoms with Crippen LogP contribution in [-0.2, 0) is 0 Å². The lowest BCUT2D eigenvalue weighted by Crippen LogP contribution is -2.55. The summed E-state index contributed by atoms with van der Waals surface area (Å²) in [6, 6.07) is 1.38. The minimum Gasteiger partial charge on any atom is -0.394 e. The van der Waals surface area contributed by atoms with Crippen LogP contribution in [0, 0.1) is 0 Å². The molecule has 0 saturated heterocycles. The molecule has 0 radical (unpaired) electrons. The van der Waals surface area contributed by atoms with E-state index >= 15 is 0 Å². The van der Waals surface area contributed by atoms with E-state index in [1.54, 1.807) is 0 Å². The van der Waals surface area contributed by atoms with Crippen molar-refractivity contribution in [2.75, 3.05) is 20.2 Å². The van der Waals surface area contributed by atoms with Crippen LogP contribution in [0.1, 0.15) is 58.3 Å². The molecule has 2 rings (SSSR count). The van der Waals surface area contributed by atoms with E-state index < -0.39 is 0 Å². The average Bonchev–Trinajstić information content (AvgIpc) is 3.14. The molecule has 3 nitrogen and oxygen atoms in total. The van der Waals surface area contributed by atoms with Crippen molar-refractivity contribution in [1.29, 1.82) is 0 Å². The number of aliphatic hydroxyl groups excluding tert-OH is 1. The van der Waals surface area contributed by atoms with E-state index in [4.69, 9.17) is 0 Å². The highest BCUT2D eigenvalue weighted by Gasteiger charge is 2.34. The number of rotatable bonds is 6. The summed E-state index contributed by atoms with van der Waals surface area (Å²) in [5.74, 6) is 0. The van der Waals surface area contributed by atoms with E-state index in [9.17, 15) is 5.11 Å². The van der Waals surface area contributed by atoms with E-state index in [0.29, 0.717) is 6.04 Å². The normalized spacial score (nSPS) is 26.0. The maximum atomic E-state index is 9.68. The molecule has 2 aliphatic rings. The predicted octanol–water partition coefficient (Wildman–Crippen LogP) is 2.14. The van der Waals surface area contributed by atoms with E-state index in [0.717, 1.165) is 12.6 Å². The SMILES string of the molecule is CN(CC(C)(CO)NC1CC1)C1CCCCCC1. The van der Waals surface area contributed by atoms with Gasteiger partial charge in [0.1, 0.15) is 0 Å². The quantitative estimate of drug-likeness (QED) is 0.713. The Hall–Kier alpha value is -0.120. The molecule has 106 valence electrons. The van der Waals surface area contributed by atoms with Crippen LogP contribution in [0.3, 0.4) is 0 Å². The molecule has 0 aromatic carbocycles. The maximum Gasteiger partial charge on any atom is 0.0623 e. The van der Waals surface area contributed by atoms with Gasteiger partial charge in [-0.25, -0.2) is 0 Å². The minimum absolute atomic E-state index is 0.123. The predicted molar refractivity (Wildman–Crippen MR) is 75.8 cm³/mol. The smallest absolute Gasteiger partial charge is 0.0623 e. The standard InChI is InChI=1S/C15H30N2O/c1-15(12-18,16-13-9-10-13)11-17(2)14-7-5-3-4-6-8-14/h13-14,16,18H,3-12H2,1-2H3. The van der Waals surface area contributed by atoms with Gasteiger partial charge in [-0.1, -0.05) is 25.7 Å². The van der Waals surface area contributed by atoms with Gasteiger partial charge >= 0.3 is 0 Å². The molecule has 2 aliphatic carbocycles. The van der Waals surface area contributed by atoms with Crippen molar-refractivity contribution < 1.29 is 5.11 Å². The van der Waals surface area contributed by atoms with Gasteiger partial charge in [-0.05, 0) is 39.7 Å². The van der Waals surface area contributed by atoms with Crippen molar-refractivity contribution >= 4 is 0 Å². The summed E-state index contributed by atoms with van der Waals surface area (Å²) in [7, 11) is 2.23. The fraction of sp³-hybridized carbons (Fsp3) is 1.00. The summed E-state index contributed by atoms with van der Waals surface area (Å²) in [5.41, 5.74) is -0.123. The monoisotopic (exact) mass is 254 g/mol. The van der Waals surface area contributed by atoms with E-state index in [1.165, 1.54) is 51.4 Å². The van der Waals surface area contributed by atoms with E-state index in [1.807, 2.05) is 0 Å². The van der Waals surface area contributed by atoms with E-state index in [-0.39, 0.29) is 12.1 Å². The zero-order chi connectivity index (χ0) is 13.0.